The summed E-state index contributed by atoms with van der Waals surface area (Å²) in [6.45, 7) is 2.93. The normalized spacial score (nSPS) is 17.2. The van der Waals surface area contributed by atoms with Gasteiger partial charge in [-0.1, -0.05) is 0 Å². The van der Waals surface area contributed by atoms with E-state index >= 15 is 0 Å². The number of nitrogens with zero attached hydrogens (tertiary/aromatic N) is 1. The third-order valence-electron chi connectivity index (χ3n) is 3.79. The highest BCUT2D eigenvalue weighted by molar-refractivity contribution is 5.45. The largest absolute Gasteiger partial charge is 0.493 e. The maximum absolute atomic E-state index is 14.3. The van der Waals surface area contributed by atoms with Gasteiger partial charge in [-0.2, -0.15) is 0 Å². The Hall–Kier alpha value is -1.33. The number of hydrogen-bond donors (Lipinski definition) is 1. The molecule has 20 heavy (non-hydrogen) atoms. The number of benzene rings is 1. The Kier molecular flexibility index (Phi) is 5.20. The van der Waals surface area contributed by atoms with E-state index in [0.717, 1.165) is 19.6 Å². The summed E-state index contributed by atoms with van der Waals surface area (Å²) in [6.07, 6.45) is 2.11. The summed E-state index contributed by atoms with van der Waals surface area (Å²) in [5, 5.41) is 10.2. The van der Waals surface area contributed by atoms with Crippen LogP contribution in [0, 0.1) is 5.82 Å². The van der Waals surface area contributed by atoms with Gasteiger partial charge in [-0.05, 0) is 44.5 Å². The van der Waals surface area contributed by atoms with Crippen LogP contribution in [-0.4, -0.2) is 43.9 Å². The van der Waals surface area contributed by atoms with E-state index in [1.165, 1.54) is 27.1 Å². The van der Waals surface area contributed by atoms with Crippen LogP contribution < -0.4 is 9.47 Å². The second kappa shape index (κ2) is 6.90. The molecule has 1 N–H and O–H groups in total. The van der Waals surface area contributed by atoms with Crippen molar-refractivity contribution in [3.63, 3.8) is 0 Å². The number of aliphatic hydroxyl groups excluding tert-OH is 1. The first kappa shape index (κ1) is 15.1. The van der Waals surface area contributed by atoms with Crippen molar-refractivity contribution in [1.82, 2.24) is 4.90 Å². The van der Waals surface area contributed by atoms with Crippen LogP contribution in [0.5, 0.6) is 11.5 Å². The first-order valence-electron chi connectivity index (χ1n) is 6.98. The molecule has 0 amide bonds. The quantitative estimate of drug-likeness (QED) is 0.870. The summed E-state index contributed by atoms with van der Waals surface area (Å²) in [4.78, 5) is 2.29. The van der Waals surface area contributed by atoms with Gasteiger partial charge in [0.1, 0.15) is 0 Å². The maximum atomic E-state index is 14.3. The number of aliphatic hydroxyl groups is 1. The van der Waals surface area contributed by atoms with Crippen molar-refractivity contribution >= 4 is 0 Å². The summed E-state index contributed by atoms with van der Waals surface area (Å²) in [5.41, 5.74) is 0.266. The van der Waals surface area contributed by atoms with Crippen LogP contribution in [0.1, 0.15) is 30.9 Å². The minimum Gasteiger partial charge on any atom is -0.493 e. The average Bonchev–Trinajstić information content (AvgIpc) is 2.97. The zero-order chi connectivity index (χ0) is 14.5. The summed E-state index contributed by atoms with van der Waals surface area (Å²) < 4.78 is 24.3. The zero-order valence-electron chi connectivity index (χ0n) is 12.1. The molecule has 1 atom stereocenters. The van der Waals surface area contributed by atoms with Gasteiger partial charge in [0.25, 0.3) is 0 Å². The monoisotopic (exact) mass is 283 g/mol. The molecule has 112 valence electrons. The van der Waals surface area contributed by atoms with Gasteiger partial charge in [-0.15, -0.1) is 0 Å². The van der Waals surface area contributed by atoms with E-state index in [1.807, 2.05) is 0 Å². The van der Waals surface area contributed by atoms with E-state index in [4.69, 9.17) is 9.47 Å². The molecule has 0 aromatic heterocycles. The lowest BCUT2D eigenvalue weighted by Crippen LogP contribution is -2.22. The highest BCUT2D eigenvalue weighted by atomic mass is 19.1. The topological polar surface area (TPSA) is 41.9 Å². The van der Waals surface area contributed by atoms with Crippen LogP contribution in [0.2, 0.25) is 0 Å². The summed E-state index contributed by atoms with van der Waals surface area (Å²) in [5.74, 6) is -0.161. The van der Waals surface area contributed by atoms with Crippen LogP contribution in [0.4, 0.5) is 4.39 Å². The van der Waals surface area contributed by atoms with Crippen molar-refractivity contribution in [2.75, 3.05) is 33.9 Å². The second-order valence-electron chi connectivity index (χ2n) is 5.06. The Morgan fingerprint density at radius 1 is 1.25 bits per heavy atom. The second-order valence-corrected chi connectivity index (χ2v) is 5.06. The van der Waals surface area contributed by atoms with E-state index in [2.05, 4.69) is 4.90 Å². The SMILES string of the molecule is COc1ccc(C(O)CCN2CCCC2)c(F)c1OC. The molecule has 1 aliphatic heterocycles. The predicted octanol–water partition coefficient (Wildman–Crippen LogP) is 2.36. The predicted molar refractivity (Wildman–Crippen MR) is 74.8 cm³/mol. The van der Waals surface area contributed by atoms with Gasteiger partial charge < -0.3 is 19.5 Å². The molecule has 2 rings (SSSR count). The van der Waals surface area contributed by atoms with Gasteiger partial charge in [-0.25, -0.2) is 4.39 Å². The molecule has 0 spiro atoms. The molecule has 4 nitrogen and oxygen atoms in total. The number of ether oxygens (including phenoxy) is 2. The molecule has 1 fully saturated rings. The molecule has 0 bridgehead atoms. The number of hydrogen-bond acceptors (Lipinski definition) is 4. The Bertz CT molecular complexity index is 447. The van der Waals surface area contributed by atoms with E-state index in [0.29, 0.717) is 12.2 Å². The van der Waals surface area contributed by atoms with Crippen LogP contribution >= 0.6 is 0 Å². The number of likely N-dealkylation sites (tertiary alicyclic amines) is 1. The van der Waals surface area contributed by atoms with Gasteiger partial charge in [0.2, 0.25) is 0 Å². The van der Waals surface area contributed by atoms with Gasteiger partial charge in [0, 0.05) is 12.1 Å². The molecule has 5 heteroatoms. The molecular formula is C15H22FNO3. The molecule has 1 heterocycles. The Labute approximate surface area is 119 Å². The Morgan fingerprint density at radius 3 is 2.55 bits per heavy atom. The Morgan fingerprint density at radius 2 is 1.95 bits per heavy atom. The molecule has 1 aliphatic rings. The lowest BCUT2D eigenvalue weighted by molar-refractivity contribution is 0.144. The van der Waals surface area contributed by atoms with Crippen molar-refractivity contribution < 1.29 is 19.0 Å². The third-order valence-corrected chi connectivity index (χ3v) is 3.79. The summed E-state index contributed by atoms with van der Waals surface area (Å²) in [7, 11) is 2.85. The van der Waals surface area contributed by atoms with Crippen LogP contribution in [0.25, 0.3) is 0 Å². The first-order valence-corrected chi connectivity index (χ1v) is 6.98. The minimum absolute atomic E-state index is 0.0465. The fraction of sp³-hybridized carbons (Fsp3) is 0.600. The van der Waals surface area contributed by atoms with Crippen LogP contribution in [0.15, 0.2) is 12.1 Å². The number of rotatable bonds is 6. The van der Waals surface area contributed by atoms with E-state index in [1.54, 1.807) is 12.1 Å². The van der Waals surface area contributed by atoms with E-state index in [9.17, 15) is 9.50 Å². The first-order chi connectivity index (χ1) is 9.67. The number of methoxy groups -OCH3 is 2. The minimum atomic E-state index is -0.824. The highest BCUT2D eigenvalue weighted by Crippen LogP contribution is 2.35. The molecule has 1 unspecified atom stereocenters. The van der Waals surface area contributed by atoms with Crippen molar-refractivity contribution in [2.45, 2.75) is 25.4 Å². The summed E-state index contributed by atoms with van der Waals surface area (Å²) in [6, 6.07) is 3.18. The molecule has 1 aromatic carbocycles. The summed E-state index contributed by atoms with van der Waals surface area (Å²) >= 11 is 0. The van der Waals surface area contributed by atoms with E-state index < -0.39 is 11.9 Å². The molecular weight excluding hydrogens is 261 g/mol. The molecule has 0 radical (unpaired) electrons. The fourth-order valence-corrected chi connectivity index (χ4v) is 2.63. The standard InChI is InChI=1S/C15H22FNO3/c1-19-13-6-5-11(14(16)15(13)20-2)12(18)7-10-17-8-3-4-9-17/h5-6,12,18H,3-4,7-10H2,1-2H3. The molecule has 0 saturated carbocycles. The van der Waals surface area contributed by atoms with Crippen LogP contribution in [-0.2, 0) is 0 Å². The lowest BCUT2D eigenvalue weighted by atomic mass is 10.0. The highest BCUT2D eigenvalue weighted by Gasteiger charge is 2.21. The Balaban J connectivity index is 2.06. The van der Waals surface area contributed by atoms with Gasteiger partial charge >= 0.3 is 0 Å². The van der Waals surface area contributed by atoms with Gasteiger partial charge in [0.15, 0.2) is 17.3 Å². The molecule has 0 aliphatic carbocycles. The van der Waals surface area contributed by atoms with Crippen molar-refractivity contribution in [3.05, 3.63) is 23.5 Å². The van der Waals surface area contributed by atoms with Crippen molar-refractivity contribution in [2.24, 2.45) is 0 Å². The van der Waals surface area contributed by atoms with Gasteiger partial charge in [-0.3, -0.25) is 0 Å². The smallest absolute Gasteiger partial charge is 0.197 e. The molecule has 1 aromatic rings. The maximum Gasteiger partial charge on any atom is 0.197 e. The average molecular weight is 283 g/mol. The number of halogens is 1. The third kappa shape index (κ3) is 3.22. The van der Waals surface area contributed by atoms with Crippen LogP contribution in [0.3, 0.4) is 0 Å². The van der Waals surface area contributed by atoms with Crippen molar-refractivity contribution in [3.8, 4) is 11.5 Å². The zero-order valence-corrected chi connectivity index (χ0v) is 12.1. The van der Waals surface area contributed by atoms with E-state index in [-0.39, 0.29) is 11.3 Å². The lowest BCUT2D eigenvalue weighted by Gasteiger charge is -2.19. The molecule has 1 saturated heterocycles. The van der Waals surface area contributed by atoms with Gasteiger partial charge in [0.05, 0.1) is 20.3 Å². The fourth-order valence-electron chi connectivity index (χ4n) is 2.63. The van der Waals surface area contributed by atoms with Crippen molar-refractivity contribution in [1.29, 1.82) is 0 Å².